The van der Waals surface area contributed by atoms with E-state index in [-0.39, 0.29) is 12.1 Å². The predicted molar refractivity (Wildman–Crippen MR) is 87.2 cm³/mol. The van der Waals surface area contributed by atoms with Crippen LogP contribution in [-0.4, -0.2) is 20.8 Å². The number of furan rings is 1. The number of aryl methyl sites for hydroxylation is 2. The van der Waals surface area contributed by atoms with Gasteiger partial charge in [0.05, 0.1) is 6.04 Å². The molecule has 0 unspecified atom stereocenters. The molecule has 3 rings (SSSR count). The highest BCUT2D eigenvalue weighted by Crippen LogP contribution is 2.22. The molecule has 120 valence electrons. The Labute approximate surface area is 133 Å². The summed E-state index contributed by atoms with van der Waals surface area (Å²) in [5.41, 5.74) is 1.51. The van der Waals surface area contributed by atoms with E-state index < -0.39 is 0 Å². The van der Waals surface area contributed by atoms with Gasteiger partial charge in [0.15, 0.2) is 0 Å². The van der Waals surface area contributed by atoms with Gasteiger partial charge in [-0.15, -0.1) is 0 Å². The van der Waals surface area contributed by atoms with Crippen LogP contribution in [0.3, 0.4) is 0 Å². The third-order valence-corrected chi connectivity index (χ3v) is 3.58. The first-order chi connectivity index (χ1) is 11.1. The van der Waals surface area contributed by atoms with Crippen LogP contribution in [-0.2, 0) is 6.54 Å². The van der Waals surface area contributed by atoms with Crippen LogP contribution in [0, 0.1) is 6.92 Å². The van der Waals surface area contributed by atoms with E-state index in [0.717, 1.165) is 22.6 Å². The summed E-state index contributed by atoms with van der Waals surface area (Å²) >= 11 is 0. The Hall–Kier alpha value is -2.83. The van der Waals surface area contributed by atoms with Crippen LogP contribution >= 0.6 is 0 Å². The van der Waals surface area contributed by atoms with Gasteiger partial charge >= 0.3 is 6.03 Å². The Morgan fingerprint density at radius 3 is 3.00 bits per heavy atom. The van der Waals surface area contributed by atoms with E-state index in [9.17, 15) is 4.79 Å². The van der Waals surface area contributed by atoms with Crippen LogP contribution in [0.5, 0.6) is 0 Å². The molecule has 3 aromatic rings. The molecule has 2 amide bonds. The van der Waals surface area contributed by atoms with E-state index >= 15 is 0 Å². The van der Waals surface area contributed by atoms with E-state index in [1.54, 1.807) is 4.68 Å². The van der Waals surface area contributed by atoms with Gasteiger partial charge in [0.25, 0.3) is 0 Å². The number of nitrogens with one attached hydrogen (secondary N) is 2. The van der Waals surface area contributed by atoms with E-state index in [4.69, 9.17) is 4.42 Å². The smallest absolute Gasteiger partial charge is 0.319 e. The minimum Gasteiger partial charge on any atom is -0.461 e. The van der Waals surface area contributed by atoms with Gasteiger partial charge in [0.2, 0.25) is 0 Å². The van der Waals surface area contributed by atoms with Gasteiger partial charge in [-0.3, -0.25) is 0 Å². The van der Waals surface area contributed by atoms with E-state index in [1.165, 1.54) is 6.33 Å². The maximum absolute atomic E-state index is 12.2. The lowest BCUT2D eigenvalue weighted by Gasteiger charge is -2.14. The summed E-state index contributed by atoms with van der Waals surface area (Å²) in [6.45, 7) is 6.45. The molecule has 2 N–H and O–H groups in total. The van der Waals surface area contributed by atoms with Crippen LogP contribution in [0.2, 0.25) is 0 Å². The van der Waals surface area contributed by atoms with Gasteiger partial charge in [-0.2, -0.15) is 5.10 Å². The summed E-state index contributed by atoms with van der Waals surface area (Å²) < 4.78 is 7.28. The summed E-state index contributed by atoms with van der Waals surface area (Å²) in [7, 11) is 0. The molecule has 7 nitrogen and oxygen atoms in total. The first-order valence-electron chi connectivity index (χ1n) is 7.52. The highest BCUT2D eigenvalue weighted by molar-refractivity contribution is 5.92. The number of carbonyl (C=O) groups is 1. The average Bonchev–Trinajstić information content (AvgIpc) is 3.11. The van der Waals surface area contributed by atoms with Gasteiger partial charge < -0.3 is 15.1 Å². The maximum Gasteiger partial charge on any atom is 0.319 e. The van der Waals surface area contributed by atoms with Gasteiger partial charge in [-0.25, -0.2) is 14.5 Å². The quantitative estimate of drug-likeness (QED) is 0.774. The molecule has 1 atom stereocenters. The average molecular weight is 313 g/mol. The largest absolute Gasteiger partial charge is 0.461 e. The lowest BCUT2D eigenvalue weighted by atomic mass is 10.2. The number of nitrogens with zero attached hydrogens (tertiary/aromatic N) is 3. The number of urea groups is 1. The molecular formula is C16H19N5O2. The zero-order valence-electron chi connectivity index (χ0n) is 13.3. The highest BCUT2D eigenvalue weighted by atomic mass is 16.3. The summed E-state index contributed by atoms with van der Waals surface area (Å²) in [4.78, 5) is 16.3. The van der Waals surface area contributed by atoms with Crippen molar-refractivity contribution in [3.63, 3.8) is 0 Å². The number of amides is 2. The number of hydrogen-bond acceptors (Lipinski definition) is 4. The molecule has 0 radical (unpaired) electrons. The molecule has 23 heavy (non-hydrogen) atoms. The van der Waals surface area contributed by atoms with Crippen molar-refractivity contribution >= 4 is 22.7 Å². The lowest BCUT2D eigenvalue weighted by molar-refractivity contribution is 0.248. The minimum atomic E-state index is -0.289. The second kappa shape index (κ2) is 6.12. The first kappa shape index (κ1) is 15.1. The highest BCUT2D eigenvalue weighted by Gasteiger charge is 2.15. The van der Waals surface area contributed by atoms with Crippen molar-refractivity contribution < 1.29 is 9.21 Å². The predicted octanol–water partition coefficient (Wildman–Crippen LogP) is 3.24. The molecule has 0 aliphatic carbocycles. The molecule has 0 fully saturated rings. The number of rotatable bonds is 4. The van der Waals surface area contributed by atoms with Crippen LogP contribution in [0.4, 0.5) is 10.5 Å². The fraction of sp³-hybridized carbons (Fsp3) is 0.312. The van der Waals surface area contributed by atoms with Crippen molar-refractivity contribution in [1.82, 2.24) is 20.1 Å². The molecule has 0 bridgehead atoms. The van der Waals surface area contributed by atoms with Crippen molar-refractivity contribution in [2.24, 2.45) is 0 Å². The molecule has 1 aromatic carbocycles. The summed E-state index contributed by atoms with van der Waals surface area (Å²) in [5.74, 6) is 1.57. The van der Waals surface area contributed by atoms with Crippen LogP contribution in [0.1, 0.15) is 31.5 Å². The molecule has 2 heterocycles. The number of benzene rings is 1. The number of fused-ring (bicyclic) bond motifs is 1. The van der Waals surface area contributed by atoms with Gasteiger partial charge in [0.1, 0.15) is 23.5 Å². The Balaban J connectivity index is 1.68. The molecule has 0 aliphatic heterocycles. The summed E-state index contributed by atoms with van der Waals surface area (Å²) in [6, 6.07) is 6.94. The van der Waals surface area contributed by atoms with E-state index in [2.05, 4.69) is 20.7 Å². The van der Waals surface area contributed by atoms with E-state index in [0.29, 0.717) is 12.2 Å². The zero-order chi connectivity index (χ0) is 16.4. The SMILES string of the molecule is CCn1ncnc1[C@@H](C)NC(=O)Nc1ccc2oc(C)cc2c1. The third-order valence-electron chi connectivity index (χ3n) is 3.58. The summed E-state index contributed by atoms with van der Waals surface area (Å²) in [5, 5.41) is 10.8. The van der Waals surface area contributed by atoms with Gasteiger partial charge in [0, 0.05) is 17.6 Å². The standard InChI is InChI=1S/C16H19N5O2/c1-4-21-15(17-9-18-21)11(3)19-16(22)20-13-5-6-14-12(8-13)7-10(2)23-14/h5-9,11H,4H2,1-3H3,(H2,19,20,22)/t11-/m1/s1. The fourth-order valence-corrected chi connectivity index (χ4v) is 2.53. The van der Waals surface area contributed by atoms with Gasteiger partial charge in [-0.05, 0) is 45.0 Å². The maximum atomic E-state index is 12.2. The second-order valence-corrected chi connectivity index (χ2v) is 5.36. The molecule has 0 spiro atoms. The summed E-state index contributed by atoms with van der Waals surface area (Å²) in [6.07, 6.45) is 1.49. The fourth-order valence-electron chi connectivity index (χ4n) is 2.53. The Kier molecular flexibility index (Phi) is 4.01. The van der Waals surface area contributed by atoms with Crippen molar-refractivity contribution in [1.29, 1.82) is 0 Å². The van der Waals surface area contributed by atoms with Crippen LogP contribution in [0.25, 0.3) is 11.0 Å². The van der Waals surface area contributed by atoms with Crippen molar-refractivity contribution in [2.75, 3.05) is 5.32 Å². The molecule has 2 aromatic heterocycles. The first-order valence-corrected chi connectivity index (χ1v) is 7.52. The number of aromatic nitrogens is 3. The zero-order valence-corrected chi connectivity index (χ0v) is 13.3. The lowest BCUT2D eigenvalue weighted by Crippen LogP contribution is -2.32. The molecule has 0 aliphatic rings. The molecular weight excluding hydrogens is 294 g/mol. The number of carbonyl (C=O) groups excluding carboxylic acids is 1. The normalized spacial score (nSPS) is 12.3. The van der Waals surface area contributed by atoms with Crippen molar-refractivity contribution in [3.05, 3.63) is 42.2 Å². The Morgan fingerprint density at radius 1 is 1.39 bits per heavy atom. The van der Waals surface area contributed by atoms with Crippen LogP contribution < -0.4 is 10.6 Å². The molecule has 0 saturated heterocycles. The Bertz CT molecular complexity index is 836. The molecule has 7 heteroatoms. The Morgan fingerprint density at radius 2 is 2.22 bits per heavy atom. The third kappa shape index (κ3) is 3.18. The van der Waals surface area contributed by atoms with E-state index in [1.807, 2.05) is 45.0 Å². The molecule has 0 saturated carbocycles. The second-order valence-electron chi connectivity index (χ2n) is 5.36. The van der Waals surface area contributed by atoms with Crippen LogP contribution in [0.15, 0.2) is 35.0 Å². The number of anilines is 1. The minimum absolute atomic E-state index is 0.239. The number of hydrogen-bond donors (Lipinski definition) is 2. The van der Waals surface area contributed by atoms with Crippen molar-refractivity contribution in [3.8, 4) is 0 Å². The van der Waals surface area contributed by atoms with Crippen molar-refractivity contribution in [2.45, 2.75) is 33.4 Å². The monoisotopic (exact) mass is 313 g/mol. The topological polar surface area (TPSA) is 85.0 Å². The van der Waals surface area contributed by atoms with Gasteiger partial charge in [-0.1, -0.05) is 0 Å².